The molecule has 4 aromatic rings. The van der Waals surface area contributed by atoms with Gasteiger partial charge in [-0.15, -0.1) is 0 Å². The van der Waals surface area contributed by atoms with Crippen molar-refractivity contribution in [3.05, 3.63) is 94.4 Å². The lowest BCUT2D eigenvalue weighted by Crippen LogP contribution is -2.32. The van der Waals surface area contributed by atoms with Crippen molar-refractivity contribution >= 4 is 17.5 Å². The molecule has 4 N–H and O–H groups in total. The van der Waals surface area contributed by atoms with Crippen molar-refractivity contribution in [3.8, 4) is 17.5 Å². The van der Waals surface area contributed by atoms with Crippen molar-refractivity contribution in [2.45, 2.75) is 46.2 Å². The molecule has 8 heteroatoms. The summed E-state index contributed by atoms with van der Waals surface area (Å²) in [5, 5.41) is 25.6. The van der Waals surface area contributed by atoms with Gasteiger partial charge >= 0.3 is 5.97 Å². The second kappa shape index (κ2) is 11.4. The number of imidazole rings is 1. The average molecular weight is 495 g/mol. The van der Waals surface area contributed by atoms with Gasteiger partial charge in [0.15, 0.2) is 0 Å². The maximum absolute atomic E-state index is 12.1. The van der Waals surface area contributed by atoms with Crippen molar-refractivity contribution in [1.29, 1.82) is 5.26 Å². The number of aromatic amines is 1. The Labute approximate surface area is 216 Å². The number of aromatic nitrogens is 3. The fourth-order valence-corrected chi connectivity index (χ4v) is 4.23. The molecule has 0 spiro atoms. The van der Waals surface area contributed by atoms with Gasteiger partial charge in [0.2, 0.25) is 0 Å². The van der Waals surface area contributed by atoms with Crippen LogP contribution < -0.4 is 10.6 Å². The molecule has 2 aromatic heterocycles. The van der Waals surface area contributed by atoms with E-state index in [1.165, 1.54) is 0 Å². The van der Waals surface area contributed by atoms with Gasteiger partial charge in [0.1, 0.15) is 17.7 Å². The number of hydrogen-bond acceptors (Lipinski definition) is 6. The molecule has 2 heterocycles. The Balaban J connectivity index is 1.43. The third-order valence-corrected chi connectivity index (χ3v) is 6.21. The predicted molar refractivity (Wildman–Crippen MR) is 144 cm³/mol. The average Bonchev–Trinajstić information content (AvgIpc) is 3.37. The van der Waals surface area contributed by atoms with Crippen LogP contribution in [-0.4, -0.2) is 32.1 Å². The molecular formula is C29H30N6O2. The molecular weight excluding hydrogens is 464 g/mol. The number of carboxylic acids is 1. The van der Waals surface area contributed by atoms with E-state index in [2.05, 4.69) is 31.7 Å². The number of pyridine rings is 1. The SMILES string of the molecule is CCc1cc(C#N)cc(C)c1NC(Cc1ccc(-c2ncc(CNc3cc(C)ccn3)[nH]2)cc1)C(=O)O. The summed E-state index contributed by atoms with van der Waals surface area (Å²) in [4.78, 5) is 24.2. The summed E-state index contributed by atoms with van der Waals surface area (Å²) >= 11 is 0. The monoisotopic (exact) mass is 494 g/mol. The van der Waals surface area contributed by atoms with Gasteiger partial charge in [0.05, 0.1) is 30.1 Å². The molecule has 0 bridgehead atoms. The van der Waals surface area contributed by atoms with Gasteiger partial charge in [0, 0.05) is 23.9 Å². The summed E-state index contributed by atoms with van der Waals surface area (Å²) in [5.41, 5.74) is 7.03. The Hall–Kier alpha value is -4.64. The zero-order valence-electron chi connectivity index (χ0n) is 21.2. The molecule has 0 fully saturated rings. The second-order valence-corrected chi connectivity index (χ2v) is 9.06. The third kappa shape index (κ3) is 6.33. The Morgan fingerprint density at radius 1 is 1.14 bits per heavy atom. The first kappa shape index (κ1) is 25.5. The lowest BCUT2D eigenvalue weighted by Gasteiger charge is -2.20. The maximum atomic E-state index is 12.1. The van der Waals surface area contributed by atoms with Crippen molar-refractivity contribution in [3.63, 3.8) is 0 Å². The molecule has 0 aliphatic heterocycles. The van der Waals surface area contributed by atoms with Crippen molar-refractivity contribution in [2.75, 3.05) is 10.6 Å². The van der Waals surface area contributed by atoms with Gasteiger partial charge in [-0.2, -0.15) is 5.26 Å². The fourth-order valence-electron chi connectivity index (χ4n) is 4.23. The first-order valence-electron chi connectivity index (χ1n) is 12.2. The molecule has 1 atom stereocenters. The molecule has 4 rings (SSSR count). The minimum atomic E-state index is -0.929. The highest BCUT2D eigenvalue weighted by atomic mass is 16.4. The number of H-pyrrole nitrogens is 1. The largest absolute Gasteiger partial charge is 0.480 e. The van der Waals surface area contributed by atoms with E-state index in [1.807, 2.05) is 63.2 Å². The van der Waals surface area contributed by atoms with Crippen LogP contribution in [0, 0.1) is 25.2 Å². The minimum absolute atomic E-state index is 0.315. The van der Waals surface area contributed by atoms with Gasteiger partial charge in [-0.05, 0) is 66.8 Å². The Morgan fingerprint density at radius 2 is 1.92 bits per heavy atom. The second-order valence-electron chi connectivity index (χ2n) is 9.06. The van der Waals surface area contributed by atoms with E-state index in [-0.39, 0.29) is 0 Å². The summed E-state index contributed by atoms with van der Waals surface area (Å²) in [6, 6.07) is 16.6. The van der Waals surface area contributed by atoms with Crippen LogP contribution in [0.2, 0.25) is 0 Å². The number of carbonyl (C=O) groups is 1. The van der Waals surface area contributed by atoms with E-state index in [0.717, 1.165) is 50.8 Å². The fraction of sp³-hybridized carbons (Fsp3) is 0.241. The number of carboxylic acid groups (broad SMARTS) is 1. The summed E-state index contributed by atoms with van der Waals surface area (Å²) in [6.45, 7) is 6.48. The van der Waals surface area contributed by atoms with Crippen LogP contribution in [0.15, 0.2) is 60.9 Å². The summed E-state index contributed by atoms with van der Waals surface area (Å²) in [5.74, 6) is 0.625. The quantitative estimate of drug-likeness (QED) is 0.237. The van der Waals surface area contributed by atoms with Crippen LogP contribution in [0.1, 0.15) is 40.4 Å². The molecule has 37 heavy (non-hydrogen) atoms. The lowest BCUT2D eigenvalue weighted by molar-refractivity contribution is -0.137. The number of aryl methyl sites for hydroxylation is 3. The summed E-state index contributed by atoms with van der Waals surface area (Å²) in [7, 11) is 0. The Bertz CT molecular complexity index is 1440. The number of rotatable bonds is 10. The first-order valence-corrected chi connectivity index (χ1v) is 12.2. The molecule has 0 saturated heterocycles. The molecule has 0 saturated carbocycles. The molecule has 0 radical (unpaired) electrons. The topological polar surface area (TPSA) is 127 Å². The highest BCUT2D eigenvalue weighted by Crippen LogP contribution is 2.25. The van der Waals surface area contributed by atoms with Crippen LogP contribution in [0.25, 0.3) is 11.4 Å². The Kier molecular flexibility index (Phi) is 7.84. The van der Waals surface area contributed by atoms with E-state index in [9.17, 15) is 15.2 Å². The molecule has 2 aromatic carbocycles. The summed E-state index contributed by atoms with van der Waals surface area (Å²) in [6.07, 6.45) is 4.58. The summed E-state index contributed by atoms with van der Waals surface area (Å²) < 4.78 is 0. The number of nitrogens with zero attached hydrogens (tertiary/aromatic N) is 3. The number of nitrogens with one attached hydrogen (secondary N) is 3. The maximum Gasteiger partial charge on any atom is 0.326 e. The highest BCUT2D eigenvalue weighted by molar-refractivity contribution is 5.79. The smallest absolute Gasteiger partial charge is 0.326 e. The normalized spacial score (nSPS) is 11.5. The molecule has 0 aliphatic rings. The van der Waals surface area contributed by atoms with Crippen molar-refractivity contribution in [2.24, 2.45) is 0 Å². The molecule has 1 unspecified atom stereocenters. The number of aliphatic carboxylic acids is 1. The standard InChI is InChI=1S/C29H30N6O2/c1-4-22-13-21(15-30)12-19(3)27(22)35-25(29(36)37)14-20-5-7-23(8-6-20)28-33-17-24(34-28)16-32-26-11-18(2)9-10-31-26/h5-13,17,25,35H,4,14,16H2,1-3H3,(H,31,32)(H,33,34)(H,36,37). The van der Waals surface area contributed by atoms with Crippen LogP contribution in [0.4, 0.5) is 11.5 Å². The highest BCUT2D eigenvalue weighted by Gasteiger charge is 2.20. The van der Waals surface area contributed by atoms with Crippen LogP contribution in [-0.2, 0) is 24.2 Å². The van der Waals surface area contributed by atoms with Crippen LogP contribution in [0.5, 0.6) is 0 Å². The molecule has 0 amide bonds. The first-order chi connectivity index (χ1) is 17.9. The molecule has 8 nitrogen and oxygen atoms in total. The van der Waals surface area contributed by atoms with Gasteiger partial charge in [0.25, 0.3) is 0 Å². The number of anilines is 2. The Morgan fingerprint density at radius 3 is 2.59 bits per heavy atom. The van der Waals surface area contributed by atoms with Gasteiger partial charge in [-0.1, -0.05) is 31.2 Å². The van der Waals surface area contributed by atoms with E-state index in [0.29, 0.717) is 24.9 Å². The molecule has 0 aliphatic carbocycles. The number of nitriles is 1. The van der Waals surface area contributed by atoms with Crippen LogP contribution >= 0.6 is 0 Å². The van der Waals surface area contributed by atoms with Crippen molar-refractivity contribution in [1.82, 2.24) is 15.0 Å². The van der Waals surface area contributed by atoms with Gasteiger partial charge < -0.3 is 20.7 Å². The number of hydrogen-bond donors (Lipinski definition) is 4. The van der Waals surface area contributed by atoms with Gasteiger partial charge in [-0.25, -0.2) is 14.8 Å². The lowest BCUT2D eigenvalue weighted by atomic mass is 9.99. The van der Waals surface area contributed by atoms with E-state index >= 15 is 0 Å². The minimum Gasteiger partial charge on any atom is -0.480 e. The zero-order valence-corrected chi connectivity index (χ0v) is 21.2. The van der Waals surface area contributed by atoms with Crippen molar-refractivity contribution < 1.29 is 9.90 Å². The predicted octanol–water partition coefficient (Wildman–Crippen LogP) is 5.24. The van der Waals surface area contributed by atoms with E-state index in [4.69, 9.17) is 0 Å². The van der Waals surface area contributed by atoms with Gasteiger partial charge in [-0.3, -0.25) is 0 Å². The van der Waals surface area contributed by atoms with E-state index in [1.54, 1.807) is 18.5 Å². The third-order valence-electron chi connectivity index (χ3n) is 6.21. The van der Waals surface area contributed by atoms with Crippen LogP contribution in [0.3, 0.4) is 0 Å². The van der Waals surface area contributed by atoms with E-state index < -0.39 is 12.0 Å². The zero-order chi connectivity index (χ0) is 26.4. The number of benzene rings is 2. The molecule has 188 valence electrons.